The number of carbonyl (C=O) groups excluding carboxylic acids is 1. The van der Waals surface area contributed by atoms with Crippen LogP contribution in [-0.4, -0.2) is 25.5 Å². The lowest BCUT2D eigenvalue weighted by Gasteiger charge is -2.21. The van der Waals surface area contributed by atoms with Gasteiger partial charge in [0.25, 0.3) is 0 Å². The Balaban J connectivity index is 1.73. The van der Waals surface area contributed by atoms with Crippen molar-refractivity contribution in [3.63, 3.8) is 0 Å². The van der Waals surface area contributed by atoms with Gasteiger partial charge in [-0.1, -0.05) is 22.0 Å². The van der Waals surface area contributed by atoms with Crippen LogP contribution in [0.15, 0.2) is 28.7 Å². The quantitative estimate of drug-likeness (QED) is 0.908. The molecule has 0 aliphatic carbocycles. The Morgan fingerprint density at radius 1 is 1.50 bits per heavy atom. The zero-order valence-corrected chi connectivity index (χ0v) is 11.9. The molecule has 0 radical (unpaired) electrons. The van der Waals surface area contributed by atoms with Crippen LogP contribution in [0.2, 0.25) is 0 Å². The molecule has 1 aliphatic heterocycles. The molecule has 0 bridgehead atoms. The third kappa shape index (κ3) is 4.10. The fraction of sp³-hybridized carbons (Fsp3) is 0.500. The molecule has 3 nitrogen and oxygen atoms in total. The van der Waals surface area contributed by atoms with Crippen molar-refractivity contribution in [1.29, 1.82) is 0 Å². The predicted molar refractivity (Wildman–Crippen MR) is 74.9 cm³/mol. The molecule has 1 aromatic carbocycles. The van der Waals surface area contributed by atoms with Gasteiger partial charge in [0.1, 0.15) is 11.5 Å². The molecule has 1 aliphatic rings. The number of Topliss-reactive ketones (excluding diaryl/α,β-unsaturated/α-hetero) is 1. The highest BCUT2D eigenvalue weighted by atomic mass is 79.9. The second kappa shape index (κ2) is 6.90. The van der Waals surface area contributed by atoms with Crippen LogP contribution < -0.4 is 10.1 Å². The van der Waals surface area contributed by atoms with Gasteiger partial charge in [-0.2, -0.15) is 0 Å². The van der Waals surface area contributed by atoms with Gasteiger partial charge in [-0.05, 0) is 37.6 Å². The molecule has 0 amide bonds. The molecule has 1 heterocycles. The summed E-state index contributed by atoms with van der Waals surface area (Å²) >= 11 is 3.39. The largest absolute Gasteiger partial charge is 0.493 e. The molecule has 1 N–H and O–H groups in total. The maximum Gasteiger partial charge on any atom is 0.140 e. The smallest absolute Gasteiger partial charge is 0.140 e. The molecule has 4 heteroatoms. The van der Waals surface area contributed by atoms with Crippen LogP contribution in [-0.2, 0) is 4.79 Å². The Morgan fingerprint density at radius 2 is 2.39 bits per heavy atom. The minimum atomic E-state index is 0.185. The lowest BCUT2D eigenvalue weighted by molar-refractivity contribution is -0.123. The third-order valence-corrected chi connectivity index (χ3v) is 3.66. The summed E-state index contributed by atoms with van der Waals surface area (Å²) in [5.74, 6) is 1.31. The summed E-state index contributed by atoms with van der Waals surface area (Å²) < 4.78 is 6.57. The van der Waals surface area contributed by atoms with Crippen LogP contribution in [0.5, 0.6) is 5.75 Å². The Hall–Kier alpha value is -0.870. The van der Waals surface area contributed by atoms with Crippen molar-refractivity contribution in [2.24, 2.45) is 5.92 Å². The maximum atomic E-state index is 11.9. The van der Waals surface area contributed by atoms with E-state index in [1.54, 1.807) is 0 Å². The Morgan fingerprint density at radius 3 is 3.11 bits per heavy atom. The van der Waals surface area contributed by atoms with Crippen LogP contribution in [0.4, 0.5) is 0 Å². The molecule has 0 aromatic heterocycles. The molecule has 0 spiro atoms. The first-order valence-corrected chi connectivity index (χ1v) is 7.17. The van der Waals surface area contributed by atoms with E-state index in [1.807, 2.05) is 24.3 Å². The summed E-state index contributed by atoms with van der Waals surface area (Å²) in [6.07, 6.45) is 2.62. The molecule has 2 rings (SSSR count). The minimum absolute atomic E-state index is 0.185. The Labute approximate surface area is 116 Å². The summed E-state index contributed by atoms with van der Waals surface area (Å²) in [4.78, 5) is 11.9. The number of ketones is 1. The number of rotatable bonds is 5. The van der Waals surface area contributed by atoms with Crippen LogP contribution in [0.25, 0.3) is 0 Å². The van der Waals surface area contributed by atoms with Gasteiger partial charge in [0.05, 0.1) is 6.61 Å². The Bertz CT molecular complexity index is 403. The summed E-state index contributed by atoms with van der Waals surface area (Å²) in [7, 11) is 0. The summed E-state index contributed by atoms with van der Waals surface area (Å²) in [6, 6.07) is 7.68. The van der Waals surface area contributed by atoms with Crippen LogP contribution >= 0.6 is 15.9 Å². The van der Waals surface area contributed by atoms with Crippen molar-refractivity contribution < 1.29 is 9.53 Å². The van der Waals surface area contributed by atoms with Crippen molar-refractivity contribution >= 4 is 21.7 Å². The van der Waals surface area contributed by atoms with Crippen molar-refractivity contribution in [3.05, 3.63) is 28.7 Å². The van der Waals surface area contributed by atoms with Crippen molar-refractivity contribution in [2.75, 3.05) is 19.7 Å². The average Bonchev–Trinajstić information content (AvgIpc) is 2.40. The van der Waals surface area contributed by atoms with Gasteiger partial charge in [-0.3, -0.25) is 4.79 Å². The van der Waals surface area contributed by atoms with Gasteiger partial charge in [0.15, 0.2) is 0 Å². The van der Waals surface area contributed by atoms with Crippen molar-refractivity contribution in [1.82, 2.24) is 5.32 Å². The molecule has 1 unspecified atom stereocenters. The highest BCUT2D eigenvalue weighted by Gasteiger charge is 2.20. The van der Waals surface area contributed by atoms with Crippen LogP contribution in [0.1, 0.15) is 19.3 Å². The van der Waals surface area contributed by atoms with Gasteiger partial charge < -0.3 is 10.1 Å². The number of ether oxygens (including phenoxy) is 1. The van der Waals surface area contributed by atoms with E-state index in [0.29, 0.717) is 18.8 Å². The zero-order valence-electron chi connectivity index (χ0n) is 10.3. The first-order chi connectivity index (χ1) is 8.75. The van der Waals surface area contributed by atoms with Gasteiger partial charge in [0, 0.05) is 23.4 Å². The van der Waals surface area contributed by atoms with Gasteiger partial charge >= 0.3 is 0 Å². The fourth-order valence-electron chi connectivity index (χ4n) is 2.16. The van der Waals surface area contributed by atoms with Gasteiger partial charge in [-0.15, -0.1) is 0 Å². The molecule has 1 fully saturated rings. The second-order valence-electron chi connectivity index (χ2n) is 4.57. The topological polar surface area (TPSA) is 38.3 Å². The van der Waals surface area contributed by atoms with E-state index in [-0.39, 0.29) is 5.92 Å². The number of hydrogen-bond donors (Lipinski definition) is 1. The molecule has 1 atom stereocenters. The first-order valence-electron chi connectivity index (χ1n) is 6.37. The highest BCUT2D eigenvalue weighted by Crippen LogP contribution is 2.18. The summed E-state index contributed by atoms with van der Waals surface area (Å²) in [5.41, 5.74) is 0. The van der Waals surface area contributed by atoms with E-state index >= 15 is 0 Å². The van der Waals surface area contributed by atoms with E-state index < -0.39 is 0 Å². The SMILES string of the molecule is O=C(CCOc1cccc(Br)c1)C1CCCNC1. The standard InChI is InChI=1S/C14H18BrNO2/c15-12-4-1-5-13(9-12)18-8-6-14(17)11-3-2-7-16-10-11/h1,4-5,9,11,16H,2-3,6-8,10H2. The van der Waals surface area contributed by atoms with E-state index in [4.69, 9.17) is 4.74 Å². The van der Waals surface area contributed by atoms with E-state index in [9.17, 15) is 4.79 Å². The van der Waals surface area contributed by atoms with E-state index in [1.165, 1.54) is 0 Å². The minimum Gasteiger partial charge on any atom is -0.493 e. The number of carbonyl (C=O) groups is 1. The van der Waals surface area contributed by atoms with Crippen molar-refractivity contribution in [2.45, 2.75) is 19.3 Å². The molecule has 98 valence electrons. The second-order valence-corrected chi connectivity index (χ2v) is 5.48. The highest BCUT2D eigenvalue weighted by molar-refractivity contribution is 9.10. The van der Waals surface area contributed by atoms with E-state index in [2.05, 4.69) is 21.2 Å². The van der Waals surface area contributed by atoms with Gasteiger partial charge in [0.2, 0.25) is 0 Å². The number of halogens is 1. The summed E-state index contributed by atoms with van der Waals surface area (Å²) in [6.45, 7) is 2.33. The molecule has 18 heavy (non-hydrogen) atoms. The monoisotopic (exact) mass is 311 g/mol. The lowest BCUT2D eigenvalue weighted by Crippen LogP contribution is -2.34. The molecular formula is C14H18BrNO2. The fourth-order valence-corrected chi connectivity index (χ4v) is 2.54. The molecule has 1 aromatic rings. The van der Waals surface area contributed by atoms with E-state index in [0.717, 1.165) is 36.2 Å². The molecular weight excluding hydrogens is 294 g/mol. The number of piperidine rings is 1. The van der Waals surface area contributed by atoms with Crippen LogP contribution in [0, 0.1) is 5.92 Å². The predicted octanol–water partition coefficient (Wildman–Crippen LogP) is 2.79. The lowest BCUT2D eigenvalue weighted by atomic mass is 9.94. The number of nitrogens with one attached hydrogen (secondary N) is 1. The van der Waals surface area contributed by atoms with Crippen LogP contribution in [0.3, 0.4) is 0 Å². The Kier molecular flexibility index (Phi) is 5.20. The zero-order chi connectivity index (χ0) is 12.8. The first kappa shape index (κ1) is 13.6. The molecule has 0 saturated carbocycles. The number of hydrogen-bond acceptors (Lipinski definition) is 3. The normalized spacial score (nSPS) is 19.5. The average molecular weight is 312 g/mol. The number of benzene rings is 1. The third-order valence-electron chi connectivity index (χ3n) is 3.17. The van der Waals surface area contributed by atoms with Crippen molar-refractivity contribution in [3.8, 4) is 5.75 Å². The maximum absolute atomic E-state index is 11.9. The van der Waals surface area contributed by atoms with Gasteiger partial charge in [-0.25, -0.2) is 0 Å². The summed E-state index contributed by atoms with van der Waals surface area (Å²) in [5, 5.41) is 3.26. The molecule has 1 saturated heterocycles.